The van der Waals surface area contributed by atoms with Crippen LogP contribution in [0.15, 0.2) is 18.2 Å². The second-order valence-electron chi connectivity index (χ2n) is 6.81. The van der Waals surface area contributed by atoms with Crippen molar-refractivity contribution in [3.05, 3.63) is 28.8 Å². The summed E-state index contributed by atoms with van der Waals surface area (Å²) in [5.74, 6) is 0.406. The summed E-state index contributed by atoms with van der Waals surface area (Å²) in [5.41, 5.74) is 0.435. The van der Waals surface area contributed by atoms with Gasteiger partial charge in [0.25, 0.3) is 5.91 Å². The number of hydrogen-bond acceptors (Lipinski definition) is 4. The monoisotopic (exact) mass is 380 g/mol. The second-order valence-corrected chi connectivity index (χ2v) is 7.25. The topological polar surface area (TPSA) is 67.9 Å². The van der Waals surface area contributed by atoms with E-state index in [2.05, 4.69) is 5.32 Å². The van der Waals surface area contributed by atoms with E-state index < -0.39 is 0 Å². The molecule has 1 unspecified atom stereocenters. The standard InChI is InChI=1S/C19H25ClN2O4/c1-13(23)22-8-6-15(7-9-22)26-18-5-4-14(20)11-17(18)19(24)21-12-16-3-2-10-25-16/h4-5,11,15-16H,2-3,6-10,12H2,1H3,(H,21,24). The summed E-state index contributed by atoms with van der Waals surface area (Å²) < 4.78 is 11.6. The zero-order valence-electron chi connectivity index (χ0n) is 15.0. The van der Waals surface area contributed by atoms with Gasteiger partial charge in [-0.05, 0) is 31.0 Å². The summed E-state index contributed by atoms with van der Waals surface area (Å²) in [5, 5.41) is 3.40. The van der Waals surface area contributed by atoms with E-state index in [1.54, 1.807) is 25.1 Å². The fraction of sp³-hybridized carbons (Fsp3) is 0.579. The maximum atomic E-state index is 12.6. The van der Waals surface area contributed by atoms with E-state index >= 15 is 0 Å². The van der Waals surface area contributed by atoms with E-state index in [4.69, 9.17) is 21.1 Å². The molecule has 3 rings (SSSR count). The maximum Gasteiger partial charge on any atom is 0.255 e. The number of ether oxygens (including phenoxy) is 2. The number of rotatable bonds is 5. The molecule has 0 bridgehead atoms. The van der Waals surface area contributed by atoms with Gasteiger partial charge >= 0.3 is 0 Å². The van der Waals surface area contributed by atoms with Crippen molar-refractivity contribution in [3.8, 4) is 5.75 Å². The van der Waals surface area contributed by atoms with E-state index in [1.165, 1.54) is 0 Å². The molecule has 2 amide bonds. The first-order valence-electron chi connectivity index (χ1n) is 9.14. The van der Waals surface area contributed by atoms with Gasteiger partial charge in [0.05, 0.1) is 11.7 Å². The van der Waals surface area contributed by atoms with Crippen LogP contribution in [0.4, 0.5) is 0 Å². The van der Waals surface area contributed by atoms with Crippen molar-refractivity contribution in [3.63, 3.8) is 0 Å². The third-order valence-electron chi connectivity index (χ3n) is 4.88. The van der Waals surface area contributed by atoms with Gasteiger partial charge in [0.1, 0.15) is 11.9 Å². The van der Waals surface area contributed by atoms with Gasteiger partial charge in [-0.3, -0.25) is 9.59 Å². The van der Waals surface area contributed by atoms with Crippen LogP contribution in [0.5, 0.6) is 5.75 Å². The molecule has 6 nitrogen and oxygen atoms in total. The van der Waals surface area contributed by atoms with Crippen LogP contribution in [0.25, 0.3) is 0 Å². The van der Waals surface area contributed by atoms with E-state index in [9.17, 15) is 9.59 Å². The molecule has 0 aliphatic carbocycles. The van der Waals surface area contributed by atoms with Gasteiger partial charge in [-0.2, -0.15) is 0 Å². The third kappa shape index (κ3) is 4.89. The summed E-state index contributed by atoms with van der Waals surface area (Å²) in [6, 6.07) is 5.09. The Bertz CT molecular complexity index is 653. The average molecular weight is 381 g/mol. The fourth-order valence-electron chi connectivity index (χ4n) is 3.36. The van der Waals surface area contributed by atoms with Crippen LogP contribution in [-0.2, 0) is 9.53 Å². The maximum absolute atomic E-state index is 12.6. The van der Waals surface area contributed by atoms with Gasteiger partial charge < -0.3 is 19.7 Å². The zero-order chi connectivity index (χ0) is 18.5. The Balaban J connectivity index is 1.62. The third-order valence-corrected chi connectivity index (χ3v) is 5.12. The van der Waals surface area contributed by atoms with Crippen molar-refractivity contribution in [1.82, 2.24) is 10.2 Å². The Morgan fingerprint density at radius 1 is 1.31 bits per heavy atom. The highest BCUT2D eigenvalue weighted by molar-refractivity contribution is 6.31. The molecule has 26 heavy (non-hydrogen) atoms. The molecule has 1 aromatic rings. The largest absolute Gasteiger partial charge is 0.489 e. The normalized spacial score (nSPS) is 20.8. The Morgan fingerprint density at radius 2 is 2.08 bits per heavy atom. The number of hydrogen-bond donors (Lipinski definition) is 1. The molecule has 1 atom stereocenters. The molecule has 2 heterocycles. The first kappa shape index (κ1) is 19.0. The molecule has 0 aromatic heterocycles. The lowest BCUT2D eigenvalue weighted by Crippen LogP contribution is -2.41. The van der Waals surface area contributed by atoms with Crippen molar-refractivity contribution in [2.45, 2.75) is 44.8 Å². The van der Waals surface area contributed by atoms with Crippen LogP contribution in [0, 0.1) is 0 Å². The number of nitrogens with zero attached hydrogens (tertiary/aromatic N) is 1. The van der Waals surface area contributed by atoms with Crippen molar-refractivity contribution in [2.24, 2.45) is 0 Å². The summed E-state index contributed by atoms with van der Waals surface area (Å²) in [6.07, 6.45) is 3.56. The molecule has 2 fully saturated rings. The highest BCUT2D eigenvalue weighted by Crippen LogP contribution is 2.26. The van der Waals surface area contributed by atoms with Crippen LogP contribution in [0.2, 0.25) is 5.02 Å². The molecule has 7 heteroatoms. The number of carbonyl (C=O) groups excluding carboxylic acids is 2. The summed E-state index contributed by atoms with van der Waals surface area (Å²) >= 11 is 6.08. The van der Waals surface area contributed by atoms with Crippen molar-refractivity contribution in [2.75, 3.05) is 26.2 Å². The number of carbonyl (C=O) groups is 2. The number of halogens is 1. The van der Waals surface area contributed by atoms with E-state index in [-0.39, 0.29) is 24.0 Å². The number of piperidine rings is 1. The lowest BCUT2D eigenvalue weighted by Gasteiger charge is -2.31. The molecule has 142 valence electrons. The first-order chi connectivity index (χ1) is 12.5. The fourth-order valence-corrected chi connectivity index (χ4v) is 3.53. The van der Waals surface area contributed by atoms with Gasteiger partial charge in [-0.15, -0.1) is 0 Å². The van der Waals surface area contributed by atoms with Gasteiger partial charge in [0, 0.05) is 51.0 Å². The average Bonchev–Trinajstić information content (AvgIpc) is 3.15. The van der Waals surface area contributed by atoms with Crippen molar-refractivity contribution < 1.29 is 19.1 Å². The van der Waals surface area contributed by atoms with Gasteiger partial charge in [0.15, 0.2) is 0 Å². The second kappa shape index (κ2) is 8.73. The van der Waals surface area contributed by atoms with Crippen LogP contribution < -0.4 is 10.1 Å². The molecule has 2 aliphatic heterocycles. The minimum absolute atomic E-state index is 0.0171. The van der Waals surface area contributed by atoms with Crippen LogP contribution >= 0.6 is 11.6 Å². The van der Waals surface area contributed by atoms with Crippen LogP contribution in [0.1, 0.15) is 43.0 Å². The van der Waals surface area contributed by atoms with Gasteiger partial charge in [-0.1, -0.05) is 11.6 Å². The zero-order valence-corrected chi connectivity index (χ0v) is 15.8. The number of nitrogens with one attached hydrogen (secondary N) is 1. The molecule has 2 aliphatic rings. The SMILES string of the molecule is CC(=O)N1CCC(Oc2ccc(Cl)cc2C(=O)NCC2CCCO2)CC1. The Hall–Kier alpha value is -1.79. The summed E-state index contributed by atoms with van der Waals surface area (Å²) in [7, 11) is 0. The van der Waals surface area contributed by atoms with E-state index in [1.807, 2.05) is 4.90 Å². The smallest absolute Gasteiger partial charge is 0.255 e. The number of amides is 2. The lowest BCUT2D eigenvalue weighted by atomic mass is 10.1. The Kier molecular flexibility index (Phi) is 6.38. The quantitative estimate of drug-likeness (QED) is 0.852. The van der Waals surface area contributed by atoms with Crippen molar-refractivity contribution >= 4 is 23.4 Å². The van der Waals surface area contributed by atoms with E-state index in [0.29, 0.717) is 36.0 Å². The van der Waals surface area contributed by atoms with Gasteiger partial charge in [-0.25, -0.2) is 0 Å². The summed E-state index contributed by atoms with van der Waals surface area (Å²) in [4.78, 5) is 25.8. The number of likely N-dealkylation sites (tertiary alicyclic amines) is 1. The molecule has 0 spiro atoms. The highest BCUT2D eigenvalue weighted by atomic mass is 35.5. The highest BCUT2D eigenvalue weighted by Gasteiger charge is 2.24. The number of benzene rings is 1. The predicted molar refractivity (Wildman–Crippen MR) is 98.7 cm³/mol. The molecular weight excluding hydrogens is 356 g/mol. The van der Waals surface area contributed by atoms with Crippen LogP contribution in [0.3, 0.4) is 0 Å². The molecular formula is C19H25ClN2O4. The lowest BCUT2D eigenvalue weighted by molar-refractivity contribution is -0.130. The molecule has 0 saturated carbocycles. The van der Waals surface area contributed by atoms with Gasteiger partial charge in [0.2, 0.25) is 5.91 Å². The summed E-state index contributed by atoms with van der Waals surface area (Å²) in [6.45, 7) is 4.17. The molecule has 1 N–H and O–H groups in total. The minimum Gasteiger partial charge on any atom is -0.489 e. The predicted octanol–water partition coefficient (Wildman–Crippen LogP) is 2.64. The minimum atomic E-state index is -0.209. The molecule has 0 radical (unpaired) electrons. The molecule has 2 saturated heterocycles. The van der Waals surface area contributed by atoms with Crippen molar-refractivity contribution in [1.29, 1.82) is 0 Å². The Labute approximate surface area is 158 Å². The van der Waals surface area contributed by atoms with Crippen LogP contribution in [-0.4, -0.2) is 55.2 Å². The molecule has 1 aromatic carbocycles. The Morgan fingerprint density at radius 3 is 2.73 bits per heavy atom. The first-order valence-corrected chi connectivity index (χ1v) is 9.52. The van der Waals surface area contributed by atoms with E-state index in [0.717, 1.165) is 32.3 Å².